The maximum atomic E-state index is 12.5. The van der Waals surface area contributed by atoms with Crippen LogP contribution in [0.5, 0.6) is 0 Å². The van der Waals surface area contributed by atoms with Gasteiger partial charge in [-0.2, -0.15) is 0 Å². The van der Waals surface area contributed by atoms with Gasteiger partial charge in [0, 0.05) is 12.6 Å². The zero-order valence-corrected chi connectivity index (χ0v) is 12.5. The van der Waals surface area contributed by atoms with E-state index in [-0.39, 0.29) is 25.1 Å². The lowest BCUT2D eigenvalue weighted by molar-refractivity contribution is -0.139. The van der Waals surface area contributed by atoms with Crippen LogP contribution in [-0.2, 0) is 4.79 Å². The van der Waals surface area contributed by atoms with Crippen molar-refractivity contribution in [3.63, 3.8) is 0 Å². The maximum Gasteiger partial charge on any atom is 0.318 e. The van der Waals surface area contributed by atoms with E-state index in [0.717, 1.165) is 51.4 Å². The van der Waals surface area contributed by atoms with Gasteiger partial charge in [0.1, 0.15) is 0 Å². The minimum absolute atomic E-state index is 0.0175. The average molecular weight is 298 g/mol. The molecule has 0 aliphatic heterocycles. The number of hydrogen-bond acceptors (Lipinski definition) is 3. The van der Waals surface area contributed by atoms with Gasteiger partial charge in [-0.05, 0) is 32.1 Å². The lowest BCUT2D eigenvalue weighted by Crippen LogP contribution is -2.58. The fourth-order valence-corrected chi connectivity index (χ4v) is 3.42. The summed E-state index contributed by atoms with van der Waals surface area (Å²) >= 11 is 0. The number of nitrogens with one attached hydrogen (secondary N) is 1. The molecule has 2 amide bonds. The van der Waals surface area contributed by atoms with E-state index >= 15 is 0 Å². The Bertz CT molecular complexity index is 376. The standard InChI is InChI=1S/C15H26N2O4/c18-10-9-17(12-5-4-6-12)14(21)16-15(11-13(19)20)7-2-1-3-8-15/h12,18H,1-11H2,(H,16,21)(H,19,20). The van der Waals surface area contributed by atoms with Gasteiger partial charge in [-0.25, -0.2) is 4.79 Å². The second-order valence-electron chi connectivity index (χ2n) is 6.34. The molecule has 2 saturated carbocycles. The number of carboxylic acid groups (broad SMARTS) is 1. The summed E-state index contributed by atoms with van der Waals surface area (Å²) in [5.74, 6) is -0.866. The van der Waals surface area contributed by atoms with E-state index in [0.29, 0.717) is 6.54 Å². The highest BCUT2D eigenvalue weighted by Gasteiger charge is 2.38. The first-order valence-corrected chi connectivity index (χ1v) is 7.98. The Balaban J connectivity index is 2.03. The predicted molar refractivity (Wildman–Crippen MR) is 78.0 cm³/mol. The van der Waals surface area contributed by atoms with Gasteiger partial charge in [0.15, 0.2) is 0 Å². The topological polar surface area (TPSA) is 89.9 Å². The quantitative estimate of drug-likeness (QED) is 0.696. The summed E-state index contributed by atoms with van der Waals surface area (Å²) in [5.41, 5.74) is -0.612. The van der Waals surface area contributed by atoms with Gasteiger partial charge < -0.3 is 20.4 Å². The van der Waals surface area contributed by atoms with Crippen LogP contribution in [0.3, 0.4) is 0 Å². The van der Waals surface area contributed by atoms with E-state index in [1.165, 1.54) is 0 Å². The lowest BCUT2D eigenvalue weighted by atomic mass is 9.79. The highest BCUT2D eigenvalue weighted by molar-refractivity contribution is 5.77. The molecule has 3 N–H and O–H groups in total. The van der Waals surface area contributed by atoms with E-state index in [1.54, 1.807) is 4.90 Å². The minimum atomic E-state index is -0.866. The molecule has 0 saturated heterocycles. The number of carboxylic acids is 1. The molecule has 120 valence electrons. The number of amides is 2. The van der Waals surface area contributed by atoms with Crippen LogP contribution in [-0.4, -0.2) is 51.8 Å². The van der Waals surface area contributed by atoms with Crippen LogP contribution in [0, 0.1) is 0 Å². The predicted octanol–water partition coefficient (Wildman–Crippen LogP) is 1.72. The Labute approximate surface area is 125 Å². The van der Waals surface area contributed by atoms with Gasteiger partial charge in [0.2, 0.25) is 0 Å². The normalized spacial score (nSPS) is 21.4. The summed E-state index contributed by atoms with van der Waals surface area (Å²) in [6, 6.07) is -0.0143. The van der Waals surface area contributed by atoms with Crippen LogP contribution >= 0.6 is 0 Å². The van der Waals surface area contributed by atoms with Crippen molar-refractivity contribution < 1.29 is 19.8 Å². The lowest BCUT2D eigenvalue weighted by Gasteiger charge is -2.42. The summed E-state index contributed by atoms with van der Waals surface area (Å²) in [4.78, 5) is 25.4. The molecule has 2 aliphatic rings. The second kappa shape index (κ2) is 7.11. The molecule has 2 fully saturated rings. The zero-order chi connectivity index (χ0) is 15.3. The van der Waals surface area contributed by atoms with Gasteiger partial charge in [-0.3, -0.25) is 4.79 Å². The van der Waals surface area contributed by atoms with Crippen molar-refractivity contribution in [2.75, 3.05) is 13.2 Å². The van der Waals surface area contributed by atoms with Crippen molar-refractivity contribution in [3.05, 3.63) is 0 Å². The zero-order valence-electron chi connectivity index (χ0n) is 12.5. The van der Waals surface area contributed by atoms with E-state index in [1.807, 2.05) is 0 Å². The van der Waals surface area contributed by atoms with Crippen molar-refractivity contribution in [1.82, 2.24) is 10.2 Å². The largest absolute Gasteiger partial charge is 0.481 e. The van der Waals surface area contributed by atoms with Crippen LogP contribution in [0.25, 0.3) is 0 Å². The van der Waals surface area contributed by atoms with Crippen LogP contribution in [0.2, 0.25) is 0 Å². The molecule has 0 bridgehead atoms. The molecule has 0 aromatic rings. The molecule has 2 aliphatic carbocycles. The van der Waals surface area contributed by atoms with Gasteiger partial charge in [-0.15, -0.1) is 0 Å². The van der Waals surface area contributed by atoms with Crippen LogP contribution in [0.15, 0.2) is 0 Å². The Morgan fingerprint density at radius 1 is 1.14 bits per heavy atom. The summed E-state index contributed by atoms with van der Waals surface area (Å²) in [6.45, 7) is 0.259. The van der Waals surface area contributed by atoms with E-state index in [9.17, 15) is 9.59 Å². The first kappa shape index (κ1) is 16.1. The number of rotatable bonds is 6. The molecular formula is C15H26N2O4. The Hall–Kier alpha value is -1.30. The molecule has 0 spiro atoms. The smallest absolute Gasteiger partial charge is 0.318 e. The molecular weight excluding hydrogens is 272 g/mol. The number of aliphatic hydroxyl groups excluding tert-OH is 1. The van der Waals surface area contributed by atoms with Crippen LogP contribution in [0.1, 0.15) is 57.8 Å². The SMILES string of the molecule is O=C(O)CC1(NC(=O)N(CCO)C2CCC2)CCCCC1. The molecule has 0 unspecified atom stereocenters. The molecule has 0 heterocycles. The summed E-state index contributed by atoms with van der Waals surface area (Å²) < 4.78 is 0. The fourth-order valence-electron chi connectivity index (χ4n) is 3.42. The van der Waals surface area contributed by atoms with Gasteiger partial charge >= 0.3 is 12.0 Å². The average Bonchev–Trinajstić information content (AvgIpc) is 2.36. The Morgan fingerprint density at radius 3 is 2.29 bits per heavy atom. The number of urea groups is 1. The van der Waals surface area contributed by atoms with E-state index in [2.05, 4.69) is 5.32 Å². The maximum absolute atomic E-state index is 12.5. The molecule has 0 aromatic carbocycles. The van der Waals surface area contributed by atoms with Crippen molar-refractivity contribution in [1.29, 1.82) is 0 Å². The highest BCUT2D eigenvalue weighted by Crippen LogP contribution is 2.32. The monoisotopic (exact) mass is 298 g/mol. The first-order chi connectivity index (χ1) is 10.1. The number of aliphatic hydroxyl groups is 1. The summed E-state index contributed by atoms with van der Waals surface area (Å²) in [6.07, 6.45) is 7.49. The molecule has 0 aromatic heterocycles. The van der Waals surface area contributed by atoms with Crippen molar-refractivity contribution in [2.24, 2.45) is 0 Å². The van der Waals surface area contributed by atoms with E-state index < -0.39 is 11.5 Å². The molecule has 6 nitrogen and oxygen atoms in total. The van der Waals surface area contributed by atoms with Gasteiger partial charge in [0.05, 0.1) is 18.6 Å². The molecule has 0 radical (unpaired) electrons. The van der Waals surface area contributed by atoms with E-state index in [4.69, 9.17) is 10.2 Å². The third-order valence-corrected chi connectivity index (χ3v) is 4.79. The van der Waals surface area contributed by atoms with Crippen LogP contribution in [0.4, 0.5) is 4.79 Å². The third kappa shape index (κ3) is 4.09. The Kier molecular flexibility index (Phi) is 5.45. The number of carbonyl (C=O) groups excluding carboxylic acids is 1. The number of aliphatic carboxylic acids is 1. The second-order valence-corrected chi connectivity index (χ2v) is 6.34. The Morgan fingerprint density at radius 2 is 1.81 bits per heavy atom. The van der Waals surface area contributed by atoms with Gasteiger partial charge in [-0.1, -0.05) is 19.3 Å². The summed E-state index contributed by atoms with van der Waals surface area (Å²) in [5, 5.41) is 21.3. The molecule has 21 heavy (non-hydrogen) atoms. The molecule has 6 heteroatoms. The number of carbonyl (C=O) groups is 2. The van der Waals surface area contributed by atoms with Crippen molar-refractivity contribution in [2.45, 2.75) is 69.4 Å². The summed E-state index contributed by atoms with van der Waals surface area (Å²) in [7, 11) is 0. The molecule has 2 rings (SSSR count). The van der Waals surface area contributed by atoms with Crippen LogP contribution < -0.4 is 5.32 Å². The third-order valence-electron chi connectivity index (χ3n) is 4.79. The molecule has 0 atom stereocenters. The van der Waals surface area contributed by atoms with Crippen molar-refractivity contribution in [3.8, 4) is 0 Å². The number of nitrogens with zero attached hydrogens (tertiary/aromatic N) is 1. The van der Waals surface area contributed by atoms with Gasteiger partial charge in [0.25, 0.3) is 0 Å². The highest BCUT2D eigenvalue weighted by atomic mass is 16.4. The minimum Gasteiger partial charge on any atom is -0.481 e. The first-order valence-electron chi connectivity index (χ1n) is 7.98. The number of hydrogen-bond donors (Lipinski definition) is 3. The fraction of sp³-hybridized carbons (Fsp3) is 0.867. The van der Waals surface area contributed by atoms with Crippen molar-refractivity contribution >= 4 is 12.0 Å².